The average molecular weight is 1320 g/mol. The van der Waals surface area contributed by atoms with E-state index in [0.29, 0.717) is 18.4 Å². The van der Waals surface area contributed by atoms with E-state index in [1.54, 1.807) is 0 Å². The van der Waals surface area contributed by atoms with Crippen molar-refractivity contribution in [3.05, 3.63) is 71.6 Å². The van der Waals surface area contributed by atoms with Crippen molar-refractivity contribution in [2.75, 3.05) is 90.4 Å². The molecule has 2 aromatic rings. The fourth-order valence-electron chi connectivity index (χ4n) is 11.9. The van der Waals surface area contributed by atoms with Gasteiger partial charge in [0, 0.05) is 78.9 Å². The first-order valence-corrected chi connectivity index (χ1v) is 38.0. The summed E-state index contributed by atoms with van der Waals surface area (Å²) in [5.41, 5.74) is 4.91. The van der Waals surface area contributed by atoms with Crippen LogP contribution in [0.2, 0.25) is 0 Å². The first-order chi connectivity index (χ1) is 45.4. The first kappa shape index (κ1) is 80.3. The third-order valence-electron chi connectivity index (χ3n) is 17.3. The number of phosphoric acid groups is 1. The number of carbonyl (C=O) groups is 4. The van der Waals surface area contributed by atoms with Gasteiger partial charge in [0.05, 0.1) is 39.1 Å². The second kappa shape index (κ2) is 50.3. The maximum absolute atomic E-state index is 13.9. The van der Waals surface area contributed by atoms with Crippen molar-refractivity contribution in [1.82, 2.24) is 15.2 Å². The molecule has 2 atom stereocenters. The summed E-state index contributed by atoms with van der Waals surface area (Å²) < 4.78 is 54.6. The van der Waals surface area contributed by atoms with Crippen LogP contribution in [0.3, 0.4) is 0 Å². The van der Waals surface area contributed by atoms with E-state index in [2.05, 4.69) is 98.0 Å². The van der Waals surface area contributed by atoms with E-state index in [4.69, 9.17) is 32.4 Å². The van der Waals surface area contributed by atoms with Gasteiger partial charge in [-0.25, -0.2) is 9.14 Å². The Bertz CT molecular complexity index is 2760. The highest BCUT2D eigenvalue weighted by atomic mass is 31.2. The number of amides is 2. The minimum atomic E-state index is -4.67. The molecule has 0 bridgehead atoms. The van der Waals surface area contributed by atoms with Crippen molar-refractivity contribution in [2.45, 2.75) is 253 Å². The van der Waals surface area contributed by atoms with Crippen LogP contribution in [0.5, 0.6) is 0 Å². The zero-order chi connectivity index (χ0) is 67.0. The topological polar surface area (TPSA) is 204 Å². The number of nitrogens with zero attached hydrogens (tertiary/aromatic N) is 2. The molecule has 2 amide bonds. The zero-order valence-electron chi connectivity index (χ0n) is 58.4. The Balaban J connectivity index is 1.15. The molecule has 2 aromatic carbocycles. The molecule has 2 aliphatic rings. The molecule has 4 rings (SSSR count). The van der Waals surface area contributed by atoms with Crippen LogP contribution < -0.4 is 25.5 Å². The van der Waals surface area contributed by atoms with Crippen LogP contribution in [0.1, 0.15) is 257 Å². The van der Waals surface area contributed by atoms with E-state index in [1.165, 1.54) is 141 Å². The number of anilines is 1. The number of esters is 2. The van der Waals surface area contributed by atoms with Crippen molar-refractivity contribution in [1.29, 1.82) is 0 Å². The van der Waals surface area contributed by atoms with Crippen LogP contribution in [0.15, 0.2) is 65.1 Å². The molecule has 0 saturated heterocycles. The molecule has 3 N–H and O–H groups in total. The molecule has 0 saturated carbocycles. The third kappa shape index (κ3) is 33.9. The van der Waals surface area contributed by atoms with E-state index in [9.17, 15) is 28.6 Å². The smallest absolute Gasteiger partial charge is 0.462 e. The zero-order valence-corrected chi connectivity index (χ0v) is 59.3. The van der Waals surface area contributed by atoms with Crippen LogP contribution in [0, 0.1) is 0 Å². The minimum Gasteiger partial charge on any atom is -0.462 e. The van der Waals surface area contributed by atoms with E-state index in [1.807, 2.05) is 24.3 Å². The molecule has 93 heavy (non-hydrogen) atoms. The maximum Gasteiger partial charge on any atom is 0.472 e. The van der Waals surface area contributed by atoms with Crippen LogP contribution in [-0.4, -0.2) is 120 Å². The number of ether oxygens (including phenoxy) is 4. The first-order valence-electron chi connectivity index (χ1n) is 36.5. The molecule has 17 nitrogen and oxygen atoms in total. The number of rotatable bonds is 57. The molecule has 0 fully saturated rings. The third-order valence-corrected chi connectivity index (χ3v) is 18.3. The summed E-state index contributed by atoms with van der Waals surface area (Å²) in [5.74, 6) is -0.925. The van der Waals surface area contributed by atoms with Crippen molar-refractivity contribution in [2.24, 2.45) is 0 Å². The summed E-state index contributed by atoms with van der Waals surface area (Å²) in [7, 11) is -4.67. The number of nitrogens with one attached hydrogen (secondary N) is 2. The SMILES string of the molecule is CCCCCCCCCCCCCCCCCC(=O)OC[C@H](COP(=O)(O)OCCNC(=O)COCCOCCNC(=O)c1ccccc1-c1c2ccc(=[N+](CC)CC)cc-2oc2cc(N(CC)CC)ccc12)OC(=O)CCCCCCCCCCCCCCCCC. The number of benzene rings is 3. The Labute approximate surface area is 559 Å². The Morgan fingerprint density at radius 2 is 1.08 bits per heavy atom. The van der Waals surface area contributed by atoms with Crippen LogP contribution >= 0.6 is 7.82 Å². The second-order valence-corrected chi connectivity index (χ2v) is 26.2. The maximum atomic E-state index is 13.9. The van der Waals surface area contributed by atoms with Gasteiger partial charge < -0.3 is 43.8 Å². The predicted octanol–water partition coefficient (Wildman–Crippen LogP) is 16.9. The summed E-state index contributed by atoms with van der Waals surface area (Å²) in [6.07, 6.45) is 35.7. The van der Waals surface area contributed by atoms with Gasteiger partial charge in [-0.15, -0.1) is 0 Å². The van der Waals surface area contributed by atoms with Crippen molar-refractivity contribution < 1.29 is 61.0 Å². The quantitative estimate of drug-likeness (QED) is 0.0124. The average Bonchev–Trinajstić information content (AvgIpc) is 0.766. The molecular formula is C75H122N4O13P+. The summed E-state index contributed by atoms with van der Waals surface area (Å²) in [4.78, 5) is 65.0. The predicted molar refractivity (Wildman–Crippen MR) is 377 cm³/mol. The largest absolute Gasteiger partial charge is 0.472 e. The van der Waals surface area contributed by atoms with Crippen LogP contribution in [-0.2, 0) is 46.9 Å². The molecular weight excluding hydrogens is 1200 g/mol. The molecule has 1 heterocycles. The monoisotopic (exact) mass is 1320 g/mol. The molecule has 0 aromatic heterocycles. The second-order valence-electron chi connectivity index (χ2n) is 24.8. The van der Waals surface area contributed by atoms with Crippen molar-refractivity contribution in [3.63, 3.8) is 0 Å². The van der Waals surface area contributed by atoms with E-state index >= 15 is 0 Å². The van der Waals surface area contributed by atoms with Gasteiger partial charge in [0.1, 0.15) is 37.6 Å². The summed E-state index contributed by atoms with van der Waals surface area (Å²) in [5, 5.41) is 7.55. The van der Waals surface area contributed by atoms with Gasteiger partial charge in [0.2, 0.25) is 11.3 Å². The highest BCUT2D eigenvalue weighted by Crippen LogP contribution is 2.44. The molecule has 0 radical (unpaired) electrons. The highest BCUT2D eigenvalue weighted by Gasteiger charge is 2.27. The molecule has 524 valence electrons. The molecule has 1 aliphatic carbocycles. The molecule has 1 aliphatic heterocycles. The lowest BCUT2D eigenvalue weighted by atomic mass is 9.90. The summed E-state index contributed by atoms with van der Waals surface area (Å²) in [6.45, 7) is 15.5. The number of phosphoric ester groups is 1. The number of fused-ring (bicyclic) bond motifs is 2. The summed E-state index contributed by atoms with van der Waals surface area (Å²) >= 11 is 0. The summed E-state index contributed by atoms with van der Waals surface area (Å²) in [6, 6.07) is 20.1. The fourth-order valence-corrected chi connectivity index (χ4v) is 12.6. The standard InChI is InChI=1S/C75H121N4O13P/c1-7-13-15-17-19-21-23-25-27-29-31-33-35-37-39-45-72(81)88-59-64(91-73(82)46-40-38-36-34-32-30-28-26-24-22-20-18-16-14-8-2)60-90-93(84,85)89-54-52-76-71(80)61-87-56-55-86-53-51-77-75(83)66-44-42-41-43-65(66)74-67-49-47-62(78(9-3)10-4)57-69(67)92-70-58-63(48-50-68(70)74)79(11-5)12-6/h41-44,47-50,57-58,64H,7-40,45-46,51-56,59-61H2,1-6H3,(H2-,76,77,80,83,84,85)/p+1/t64-/m1/s1. The Hall–Kier alpha value is -5.16. The molecule has 18 heteroatoms. The lowest BCUT2D eigenvalue weighted by Crippen LogP contribution is -2.31. The van der Waals surface area contributed by atoms with E-state index < -0.39 is 38.4 Å². The number of hydrogen-bond donors (Lipinski definition) is 3. The molecule has 0 spiro atoms. The van der Waals surface area contributed by atoms with Crippen LogP contribution in [0.4, 0.5) is 5.69 Å². The van der Waals surface area contributed by atoms with Gasteiger partial charge in [-0.3, -0.25) is 28.2 Å². The van der Waals surface area contributed by atoms with Gasteiger partial charge in [-0.2, -0.15) is 0 Å². The van der Waals surface area contributed by atoms with Gasteiger partial charge in [-0.1, -0.05) is 212 Å². The highest BCUT2D eigenvalue weighted by molar-refractivity contribution is 7.47. The van der Waals surface area contributed by atoms with Crippen molar-refractivity contribution >= 4 is 48.2 Å². The number of carbonyl (C=O) groups excluding carboxylic acids is 4. The van der Waals surface area contributed by atoms with E-state index in [-0.39, 0.29) is 71.5 Å². The van der Waals surface area contributed by atoms with E-state index in [0.717, 1.165) is 109 Å². The van der Waals surface area contributed by atoms with Gasteiger partial charge >= 0.3 is 19.8 Å². The van der Waals surface area contributed by atoms with Crippen LogP contribution in [0.25, 0.3) is 33.4 Å². The fraction of sp³-hybridized carbons (Fsp3) is 0.693. The van der Waals surface area contributed by atoms with Gasteiger partial charge in [-0.05, 0) is 70.4 Å². The lowest BCUT2D eigenvalue weighted by Gasteiger charge is -2.22. The Kier molecular flexibility index (Phi) is 43.4. The van der Waals surface area contributed by atoms with Gasteiger partial charge in [0.25, 0.3) is 5.91 Å². The van der Waals surface area contributed by atoms with Gasteiger partial charge in [0.15, 0.2) is 6.10 Å². The van der Waals surface area contributed by atoms with Crippen molar-refractivity contribution in [3.8, 4) is 22.5 Å². The molecule has 1 unspecified atom stereocenters. The minimum absolute atomic E-state index is 0.103. The number of hydrogen-bond acceptors (Lipinski definition) is 13. The number of unbranched alkanes of at least 4 members (excludes halogenated alkanes) is 28. The Morgan fingerprint density at radius 1 is 0.548 bits per heavy atom. The normalized spacial score (nSPS) is 12.5. The lowest BCUT2D eigenvalue weighted by molar-refractivity contribution is -0.161. The Morgan fingerprint density at radius 3 is 1.63 bits per heavy atom.